The van der Waals surface area contributed by atoms with Crippen LogP contribution in [0.5, 0.6) is 0 Å². The van der Waals surface area contributed by atoms with Gasteiger partial charge in [-0.2, -0.15) is 0 Å². The number of nitrogens with zero attached hydrogens (tertiary/aromatic N) is 2. The van der Waals surface area contributed by atoms with Crippen LogP contribution in [0.2, 0.25) is 0 Å². The van der Waals surface area contributed by atoms with Gasteiger partial charge in [0.05, 0.1) is 13.2 Å². The van der Waals surface area contributed by atoms with Gasteiger partial charge in [-0.05, 0) is 34.6 Å². The summed E-state index contributed by atoms with van der Waals surface area (Å²) < 4.78 is 10.7. The number of halogens is 1. The SMILES string of the molecule is CN=C(NCC(=O)OC(C)(C)C)NCC(C)(C)N1CCOCC1.I. The maximum atomic E-state index is 11.7. The monoisotopic (exact) mass is 456 g/mol. The standard InChI is InChI=1S/C16H32N4O3.HI/c1-15(2,3)23-13(21)11-18-14(17-6)19-12-16(4,5)20-7-9-22-10-8-20;/h7-12H2,1-6H3,(H2,17,18,19);1H. The van der Waals surface area contributed by atoms with Crippen molar-refractivity contribution in [3.63, 3.8) is 0 Å². The minimum atomic E-state index is -0.478. The fourth-order valence-corrected chi connectivity index (χ4v) is 2.33. The summed E-state index contributed by atoms with van der Waals surface area (Å²) in [7, 11) is 1.69. The van der Waals surface area contributed by atoms with E-state index in [-0.39, 0.29) is 42.0 Å². The molecule has 0 saturated carbocycles. The van der Waals surface area contributed by atoms with Crippen LogP contribution in [0.4, 0.5) is 0 Å². The predicted octanol–water partition coefficient (Wildman–Crippen LogP) is 1.22. The molecule has 0 unspecified atom stereocenters. The van der Waals surface area contributed by atoms with Crippen molar-refractivity contribution < 1.29 is 14.3 Å². The second-order valence-corrected chi connectivity index (χ2v) is 7.28. The first-order valence-electron chi connectivity index (χ1n) is 8.13. The van der Waals surface area contributed by atoms with Crippen LogP contribution < -0.4 is 10.6 Å². The van der Waals surface area contributed by atoms with Crippen LogP contribution in [0, 0.1) is 0 Å². The Morgan fingerprint density at radius 1 is 1.17 bits per heavy atom. The summed E-state index contributed by atoms with van der Waals surface area (Å²) in [5, 5.41) is 6.26. The van der Waals surface area contributed by atoms with E-state index in [0.29, 0.717) is 5.96 Å². The number of nitrogens with one attached hydrogen (secondary N) is 2. The molecule has 0 aromatic rings. The number of ether oxygens (including phenoxy) is 2. The van der Waals surface area contributed by atoms with Crippen LogP contribution in [-0.2, 0) is 14.3 Å². The average Bonchev–Trinajstić information content (AvgIpc) is 2.46. The van der Waals surface area contributed by atoms with Gasteiger partial charge in [0.15, 0.2) is 5.96 Å². The lowest BCUT2D eigenvalue weighted by atomic mass is 10.0. The van der Waals surface area contributed by atoms with E-state index in [9.17, 15) is 4.79 Å². The molecule has 0 aromatic carbocycles. The van der Waals surface area contributed by atoms with Gasteiger partial charge in [-0.1, -0.05) is 0 Å². The second kappa shape index (κ2) is 10.4. The molecule has 8 heteroatoms. The van der Waals surface area contributed by atoms with Crippen molar-refractivity contribution in [2.45, 2.75) is 45.8 Å². The molecular formula is C16H33IN4O3. The molecule has 1 fully saturated rings. The zero-order valence-electron chi connectivity index (χ0n) is 15.8. The number of aliphatic imine (C=N–C) groups is 1. The third-order valence-corrected chi connectivity index (χ3v) is 3.60. The van der Waals surface area contributed by atoms with Gasteiger partial charge in [0, 0.05) is 32.2 Å². The van der Waals surface area contributed by atoms with Crippen molar-refractivity contribution in [3.05, 3.63) is 0 Å². The van der Waals surface area contributed by atoms with Gasteiger partial charge >= 0.3 is 5.97 Å². The lowest BCUT2D eigenvalue weighted by molar-refractivity contribution is -0.153. The Kier molecular flexibility index (Phi) is 10.1. The van der Waals surface area contributed by atoms with Crippen molar-refractivity contribution in [3.8, 4) is 0 Å². The molecular weight excluding hydrogens is 423 g/mol. The van der Waals surface area contributed by atoms with E-state index in [1.807, 2.05) is 20.8 Å². The predicted molar refractivity (Wildman–Crippen MR) is 107 cm³/mol. The van der Waals surface area contributed by atoms with Crippen LogP contribution in [0.15, 0.2) is 4.99 Å². The normalized spacial score (nSPS) is 17.0. The lowest BCUT2D eigenvalue weighted by Crippen LogP contribution is -2.56. The topological polar surface area (TPSA) is 75.2 Å². The third kappa shape index (κ3) is 9.03. The smallest absolute Gasteiger partial charge is 0.325 e. The molecule has 0 bridgehead atoms. The number of hydrogen-bond acceptors (Lipinski definition) is 5. The van der Waals surface area contributed by atoms with E-state index in [2.05, 4.69) is 34.4 Å². The summed E-state index contributed by atoms with van der Waals surface area (Å²) in [5.41, 5.74) is -0.499. The molecule has 1 heterocycles. The molecule has 0 amide bonds. The van der Waals surface area contributed by atoms with Gasteiger partial charge < -0.3 is 20.1 Å². The Labute approximate surface area is 162 Å². The van der Waals surface area contributed by atoms with Crippen LogP contribution in [-0.4, -0.2) is 74.4 Å². The first-order valence-corrected chi connectivity index (χ1v) is 8.13. The summed E-state index contributed by atoms with van der Waals surface area (Å²) in [6, 6.07) is 0. The Morgan fingerprint density at radius 3 is 2.25 bits per heavy atom. The highest BCUT2D eigenvalue weighted by molar-refractivity contribution is 14.0. The summed E-state index contributed by atoms with van der Waals surface area (Å²) >= 11 is 0. The van der Waals surface area contributed by atoms with Crippen molar-refractivity contribution in [1.82, 2.24) is 15.5 Å². The maximum absolute atomic E-state index is 11.7. The van der Waals surface area contributed by atoms with Crippen molar-refractivity contribution >= 4 is 35.9 Å². The number of carbonyl (C=O) groups excluding carboxylic acids is 1. The van der Waals surface area contributed by atoms with Gasteiger partial charge in [0.2, 0.25) is 0 Å². The number of rotatable bonds is 5. The molecule has 0 atom stereocenters. The summed E-state index contributed by atoms with van der Waals surface area (Å²) in [5.74, 6) is 0.296. The molecule has 0 aliphatic carbocycles. The van der Waals surface area contributed by atoms with Gasteiger partial charge in [0.1, 0.15) is 12.1 Å². The van der Waals surface area contributed by atoms with Crippen molar-refractivity contribution in [2.24, 2.45) is 4.99 Å². The van der Waals surface area contributed by atoms with Gasteiger partial charge in [0.25, 0.3) is 0 Å². The molecule has 1 saturated heterocycles. The fourth-order valence-electron chi connectivity index (χ4n) is 2.33. The summed E-state index contributed by atoms with van der Waals surface area (Å²) in [6.07, 6.45) is 0. The van der Waals surface area contributed by atoms with E-state index in [1.165, 1.54) is 0 Å². The molecule has 1 aliphatic rings. The van der Waals surface area contributed by atoms with E-state index >= 15 is 0 Å². The molecule has 0 aromatic heterocycles. The summed E-state index contributed by atoms with van der Waals surface area (Å²) in [4.78, 5) is 18.3. The Morgan fingerprint density at radius 2 is 1.75 bits per heavy atom. The number of guanidine groups is 1. The molecule has 1 rings (SSSR count). The fraction of sp³-hybridized carbons (Fsp3) is 0.875. The van der Waals surface area contributed by atoms with Gasteiger partial charge in [-0.25, -0.2) is 0 Å². The minimum absolute atomic E-state index is 0. The Hall–Kier alpha value is -0.610. The lowest BCUT2D eigenvalue weighted by Gasteiger charge is -2.41. The van der Waals surface area contributed by atoms with Crippen LogP contribution in [0.25, 0.3) is 0 Å². The third-order valence-electron chi connectivity index (χ3n) is 3.60. The first kappa shape index (κ1) is 23.4. The molecule has 0 radical (unpaired) electrons. The van der Waals surface area contributed by atoms with E-state index in [1.54, 1.807) is 7.05 Å². The van der Waals surface area contributed by atoms with Crippen molar-refractivity contribution in [2.75, 3.05) is 46.4 Å². The van der Waals surface area contributed by atoms with Gasteiger partial charge in [-0.15, -0.1) is 24.0 Å². The highest BCUT2D eigenvalue weighted by Gasteiger charge is 2.28. The Bertz CT molecular complexity index is 416. The number of hydrogen-bond donors (Lipinski definition) is 2. The van der Waals surface area contributed by atoms with Crippen LogP contribution >= 0.6 is 24.0 Å². The zero-order valence-corrected chi connectivity index (χ0v) is 18.1. The van der Waals surface area contributed by atoms with E-state index in [4.69, 9.17) is 9.47 Å². The van der Waals surface area contributed by atoms with E-state index < -0.39 is 5.60 Å². The zero-order chi connectivity index (χ0) is 17.5. The number of carbonyl (C=O) groups is 1. The molecule has 142 valence electrons. The highest BCUT2D eigenvalue weighted by Crippen LogP contribution is 2.14. The molecule has 24 heavy (non-hydrogen) atoms. The number of esters is 1. The summed E-state index contributed by atoms with van der Waals surface area (Å²) in [6.45, 7) is 14.1. The van der Waals surface area contributed by atoms with E-state index in [0.717, 1.165) is 32.8 Å². The van der Waals surface area contributed by atoms with Crippen LogP contribution in [0.3, 0.4) is 0 Å². The largest absolute Gasteiger partial charge is 0.459 e. The molecule has 0 spiro atoms. The minimum Gasteiger partial charge on any atom is -0.459 e. The molecule has 2 N–H and O–H groups in total. The molecule has 7 nitrogen and oxygen atoms in total. The van der Waals surface area contributed by atoms with Gasteiger partial charge in [-0.3, -0.25) is 14.7 Å². The van der Waals surface area contributed by atoms with Crippen molar-refractivity contribution in [1.29, 1.82) is 0 Å². The first-order chi connectivity index (χ1) is 10.6. The van der Waals surface area contributed by atoms with Crippen LogP contribution in [0.1, 0.15) is 34.6 Å². The highest BCUT2D eigenvalue weighted by atomic mass is 127. The second-order valence-electron chi connectivity index (χ2n) is 7.28. The molecule has 1 aliphatic heterocycles. The average molecular weight is 456 g/mol. The number of morpholine rings is 1. The quantitative estimate of drug-likeness (QED) is 0.281. The Balaban J connectivity index is 0.00000529. The maximum Gasteiger partial charge on any atom is 0.325 e.